The molecule has 0 saturated carbocycles. The van der Waals surface area contributed by atoms with Crippen LogP contribution in [0, 0.1) is 0 Å². The molecule has 0 N–H and O–H groups in total. The monoisotopic (exact) mass is 345 g/mol. The van der Waals surface area contributed by atoms with E-state index in [4.69, 9.17) is 0 Å². The van der Waals surface area contributed by atoms with Crippen molar-refractivity contribution in [1.82, 2.24) is 4.90 Å². The average molecular weight is 346 g/mol. The van der Waals surface area contributed by atoms with Crippen LogP contribution in [-0.2, 0) is 13.0 Å². The summed E-state index contributed by atoms with van der Waals surface area (Å²) in [6.07, 6.45) is 0.998. The van der Waals surface area contributed by atoms with Gasteiger partial charge in [-0.2, -0.15) is 0 Å². The molecule has 0 heterocycles. The number of carbonyl (C=O) groups is 1. The second-order valence-corrected chi connectivity index (χ2v) is 6.19. The highest BCUT2D eigenvalue weighted by Gasteiger charge is 2.09. The first-order chi connectivity index (χ1) is 10.1. The molecule has 2 aromatic carbocycles. The molecule has 0 atom stereocenters. The number of nitrogens with zero attached hydrogens (tertiary/aromatic N) is 1. The van der Waals surface area contributed by atoms with Crippen molar-refractivity contribution in [1.29, 1.82) is 0 Å². The normalized spacial score (nSPS) is 10.9. The Labute approximate surface area is 134 Å². The number of ketones is 1. The summed E-state index contributed by atoms with van der Waals surface area (Å²) in [5.41, 5.74) is 3.25. The van der Waals surface area contributed by atoms with Gasteiger partial charge in [0.1, 0.15) is 0 Å². The molecule has 0 aliphatic heterocycles. The highest BCUT2D eigenvalue weighted by molar-refractivity contribution is 9.10. The van der Waals surface area contributed by atoms with E-state index in [-0.39, 0.29) is 5.78 Å². The third-order valence-electron chi connectivity index (χ3n) is 3.46. The van der Waals surface area contributed by atoms with Crippen molar-refractivity contribution >= 4 is 21.7 Å². The van der Waals surface area contributed by atoms with Crippen LogP contribution in [0.25, 0.3) is 0 Å². The molecule has 0 spiro atoms. The van der Waals surface area contributed by atoms with Gasteiger partial charge in [-0.15, -0.1) is 0 Å². The Balaban J connectivity index is 1.93. The van der Waals surface area contributed by atoms with Crippen molar-refractivity contribution in [2.45, 2.75) is 19.9 Å². The molecule has 110 valence electrons. The van der Waals surface area contributed by atoms with Crippen LogP contribution in [0.15, 0.2) is 53.0 Å². The number of Topliss-reactive ketones (excluding diaryl/α,β-unsaturated/α-hetero) is 1. The molecular formula is C18H20BrNO. The molecule has 0 bridgehead atoms. The van der Waals surface area contributed by atoms with E-state index >= 15 is 0 Å². The van der Waals surface area contributed by atoms with Gasteiger partial charge in [0, 0.05) is 16.6 Å². The number of likely N-dealkylation sites (N-methyl/N-ethyl adjacent to an activating group) is 1. The number of carbonyl (C=O) groups excluding carboxylic acids is 1. The fourth-order valence-electron chi connectivity index (χ4n) is 2.22. The third kappa shape index (κ3) is 4.80. The number of benzene rings is 2. The molecule has 0 unspecified atom stereocenters. The lowest BCUT2D eigenvalue weighted by atomic mass is 10.1. The first kappa shape index (κ1) is 15.9. The second-order valence-electron chi connectivity index (χ2n) is 5.27. The zero-order valence-corrected chi connectivity index (χ0v) is 14.1. The number of hydrogen-bond acceptors (Lipinski definition) is 2. The molecule has 21 heavy (non-hydrogen) atoms. The molecule has 3 heteroatoms. The van der Waals surface area contributed by atoms with Gasteiger partial charge in [-0.1, -0.05) is 59.3 Å². The summed E-state index contributed by atoms with van der Waals surface area (Å²) < 4.78 is 1.07. The second kappa shape index (κ2) is 7.53. The van der Waals surface area contributed by atoms with Crippen LogP contribution in [0.4, 0.5) is 0 Å². The van der Waals surface area contributed by atoms with Crippen LogP contribution in [0.5, 0.6) is 0 Å². The van der Waals surface area contributed by atoms with Crippen LogP contribution < -0.4 is 0 Å². The Morgan fingerprint density at radius 1 is 1.00 bits per heavy atom. The van der Waals surface area contributed by atoms with Gasteiger partial charge in [0.25, 0.3) is 0 Å². The van der Waals surface area contributed by atoms with E-state index < -0.39 is 0 Å². The minimum absolute atomic E-state index is 0.164. The zero-order valence-electron chi connectivity index (χ0n) is 12.5. The summed E-state index contributed by atoms with van der Waals surface area (Å²) in [4.78, 5) is 14.3. The lowest BCUT2D eigenvalue weighted by Gasteiger charge is -2.16. The van der Waals surface area contributed by atoms with Crippen molar-refractivity contribution in [3.63, 3.8) is 0 Å². The summed E-state index contributed by atoms with van der Waals surface area (Å²) >= 11 is 3.43. The quantitative estimate of drug-likeness (QED) is 0.726. The van der Waals surface area contributed by atoms with Crippen LogP contribution in [0.1, 0.15) is 28.4 Å². The molecule has 0 aromatic heterocycles. The molecule has 0 amide bonds. The maximum absolute atomic E-state index is 12.2. The van der Waals surface area contributed by atoms with Crippen molar-refractivity contribution in [3.8, 4) is 0 Å². The predicted octanol–water partition coefficient (Wildman–Crippen LogP) is 4.33. The van der Waals surface area contributed by atoms with E-state index in [1.807, 2.05) is 48.3 Å². The van der Waals surface area contributed by atoms with Crippen LogP contribution >= 0.6 is 15.9 Å². The third-order valence-corrected chi connectivity index (χ3v) is 3.99. The van der Waals surface area contributed by atoms with Gasteiger partial charge in [-0.25, -0.2) is 0 Å². The SMILES string of the molecule is CCc1ccc(C(=O)CN(C)Cc2ccc(Br)cc2)cc1. The summed E-state index contributed by atoms with van der Waals surface area (Å²) in [5.74, 6) is 0.164. The lowest BCUT2D eigenvalue weighted by Crippen LogP contribution is -2.25. The van der Waals surface area contributed by atoms with Crippen LogP contribution in [-0.4, -0.2) is 24.3 Å². The molecule has 2 aromatic rings. The zero-order chi connectivity index (χ0) is 15.2. The highest BCUT2D eigenvalue weighted by atomic mass is 79.9. The highest BCUT2D eigenvalue weighted by Crippen LogP contribution is 2.12. The predicted molar refractivity (Wildman–Crippen MR) is 90.6 cm³/mol. The average Bonchev–Trinajstić information content (AvgIpc) is 2.49. The maximum atomic E-state index is 12.2. The van der Waals surface area contributed by atoms with Gasteiger partial charge in [0.05, 0.1) is 6.54 Å². The van der Waals surface area contributed by atoms with E-state index in [1.165, 1.54) is 11.1 Å². The van der Waals surface area contributed by atoms with Gasteiger partial charge >= 0.3 is 0 Å². The van der Waals surface area contributed by atoms with Crippen molar-refractivity contribution in [2.24, 2.45) is 0 Å². The fourth-order valence-corrected chi connectivity index (χ4v) is 2.48. The van der Waals surface area contributed by atoms with E-state index in [1.54, 1.807) is 0 Å². The number of rotatable bonds is 6. The molecule has 0 radical (unpaired) electrons. The fraction of sp³-hybridized carbons (Fsp3) is 0.278. The topological polar surface area (TPSA) is 20.3 Å². The van der Waals surface area contributed by atoms with Gasteiger partial charge in [-0.05, 0) is 36.7 Å². The van der Waals surface area contributed by atoms with E-state index in [9.17, 15) is 4.79 Å². The standard InChI is InChI=1S/C18H20BrNO/c1-3-14-4-8-16(9-5-14)18(21)13-20(2)12-15-6-10-17(19)11-7-15/h4-11H,3,12-13H2,1-2H3. The van der Waals surface area contributed by atoms with Gasteiger partial charge in [0.15, 0.2) is 5.78 Å². The Kier molecular flexibility index (Phi) is 5.71. The van der Waals surface area contributed by atoms with E-state index in [0.29, 0.717) is 6.54 Å². The number of halogens is 1. The Bertz CT molecular complexity index is 590. The molecular weight excluding hydrogens is 326 g/mol. The summed E-state index contributed by atoms with van der Waals surface area (Å²) in [6.45, 7) is 3.32. The number of hydrogen-bond donors (Lipinski definition) is 0. The molecule has 2 rings (SSSR count). The first-order valence-electron chi connectivity index (χ1n) is 7.13. The summed E-state index contributed by atoms with van der Waals surface area (Å²) in [6, 6.07) is 16.1. The summed E-state index contributed by atoms with van der Waals surface area (Å²) in [7, 11) is 1.97. The maximum Gasteiger partial charge on any atom is 0.176 e. The van der Waals surface area contributed by atoms with Crippen molar-refractivity contribution < 1.29 is 4.79 Å². The lowest BCUT2D eigenvalue weighted by molar-refractivity contribution is 0.0943. The van der Waals surface area contributed by atoms with Crippen LogP contribution in [0.2, 0.25) is 0 Å². The molecule has 0 fully saturated rings. The number of aryl methyl sites for hydroxylation is 1. The van der Waals surface area contributed by atoms with Gasteiger partial charge < -0.3 is 0 Å². The van der Waals surface area contributed by atoms with E-state index in [2.05, 4.69) is 35.0 Å². The molecule has 2 nitrogen and oxygen atoms in total. The largest absolute Gasteiger partial charge is 0.295 e. The van der Waals surface area contributed by atoms with Crippen molar-refractivity contribution in [2.75, 3.05) is 13.6 Å². The van der Waals surface area contributed by atoms with E-state index in [0.717, 1.165) is 23.0 Å². The van der Waals surface area contributed by atoms with Gasteiger partial charge in [-0.3, -0.25) is 9.69 Å². The van der Waals surface area contributed by atoms with Gasteiger partial charge in [0.2, 0.25) is 0 Å². The van der Waals surface area contributed by atoms with Crippen molar-refractivity contribution in [3.05, 3.63) is 69.7 Å². The smallest absolute Gasteiger partial charge is 0.176 e. The molecule has 0 aliphatic carbocycles. The molecule has 0 aliphatic rings. The Hall–Kier alpha value is -1.45. The Morgan fingerprint density at radius 3 is 2.14 bits per heavy atom. The van der Waals surface area contributed by atoms with Crippen LogP contribution in [0.3, 0.4) is 0 Å². The Morgan fingerprint density at radius 2 is 1.57 bits per heavy atom. The summed E-state index contributed by atoms with van der Waals surface area (Å²) in [5, 5.41) is 0. The minimum Gasteiger partial charge on any atom is -0.295 e. The minimum atomic E-state index is 0.164. The first-order valence-corrected chi connectivity index (χ1v) is 7.93. The molecule has 0 saturated heterocycles.